The second-order valence-corrected chi connectivity index (χ2v) is 9.31. The van der Waals surface area contributed by atoms with Gasteiger partial charge in [0.25, 0.3) is 11.5 Å². The van der Waals surface area contributed by atoms with Crippen LogP contribution in [0, 0.1) is 0 Å². The van der Waals surface area contributed by atoms with Gasteiger partial charge in [0.05, 0.1) is 5.39 Å². The minimum absolute atomic E-state index is 0.144. The highest BCUT2D eigenvalue weighted by Gasteiger charge is 2.23. The molecule has 11 nitrogen and oxygen atoms in total. The smallest absolute Gasteiger partial charge is 0.326 e. The van der Waals surface area contributed by atoms with Gasteiger partial charge >= 0.3 is 11.9 Å². The van der Waals surface area contributed by atoms with Crippen molar-refractivity contribution >= 4 is 34.8 Å². The highest BCUT2D eigenvalue weighted by Crippen LogP contribution is 2.25. The summed E-state index contributed by atoms with van der Waals surface area (Å²) in [4.78, 5) is 54.1. The van der Waals surface area contributed by atoms with Crippen LogP contribution in [0.3, 0.4) is 0 Å². The molecule has 0 saturated heterocycles. The first-order chi connectivity index (χ1) is 16.4. The Morgan fingerprint density at radius 2 is 1.80 bits per heavy atom. The maximum absolute atomic E-state index is 12.6. The molecule has 0 radical (unpaired) electrons. The zero-order valence-electron chi connectivity index (χ0n) is 19.8. The molecule has 0 spiro atoms. The number of nitrogens with zero attached hydrogens (tertiary/aromatic N) is 2. The van der Waals surface area contributed by atoms with Crippen LogP contribution in [0.1, 0.15) is 55.1 Å². The van der Waals surface area contributed by atoms with E-state index in [0.29, 0.717) is 23.9 Å². The van der Waals surface area contributed by atoms with E-state index in [1.165, 1.54) is 0 Å². The number of aromatic amines is 1. The number of benzene rings is 1. The Morgan fingerprint density at radius 1 is 1.14 bits per heavy atom. The molecule has 11 heteroatoms. The summed E-state index contributed by atoms with van der Waals surface area (Å²) >= 11 is 0. The van der Waals surface area contributed by atoms with Gasteiger partial charge in [-0.2, -0.15) is 4.98 Å². The van der Waals surface area contributed by atoms with Crippen molar-refractivity contribution in [3.63, 3.8) is 0 Å². The Bertz CT molecular complexity index is 1320. The maximum Gasteiger partial charge on any atom is 0.326 e. The number of carbonyl (C=O) groups is 3. The lowest BCUT2D eigenvalue weighted by Crippen LogP contribution is -2.41. The van der Waals surface area contributed by atoms with Crippen LogP contribution in [0.15, 0.2) is 35.3 Å². The van der Waals surface area contributed by atoms with E-state index >= 15 is 0 Å². The minimum atomic E-state index is -1.29. The number of aryl methyl sites for hydroxylation is 2. The van der Waals surface area contributed by atoms with Crippen molar-refractivity contribution in [3.8, 4) is 0 Å². The van der Waals surface area contributed by atoms with E-state index in [0.717, 1.165) is 11.1 Å². The third-order valence-electron chi connectivity index (χ3n) is 5.64. The number of hydrogen-bond donors (Lipinski definition) is 5. The van der Waals surface area contributed by atoms with Gasteiger partial charge in [0.2, 0.25) is 5.95 Å². The predicted molar refractivity (Wildman–Crippen MR) is 129 cm³/mol. The summed E-state index contributed by atoms with van der Waals surface area (Å²) in [6, 6.07) is 5.36. The van der Waals surface area contributed by atoms with Crippen LogP contribution in [-0.2, 0) is 28.0 Å². The van der Waals surface area contributed by atoms with Crippen molar-refractivity contribution in [1.82, 2.24) is 19.9 Å². The lowest BCUT2D eigenvalue weighted by Gasteiger charge is -2.25. The van der Waals surface area contributed by atoms with Crippen molar-refractivity contribution in [2.24, 2.45) is 0 Å². The standard InChI is InChI=1S/C24H29N5O6/c1-24(2,3)29-19-18(21(33)28-23(29)25)15(12-26-19)9-6-13-4-7-14(8-5-13)20(32)27-16(22(34)35)10-11-17(30)31/h4-5,7-8,12,16,26H,6,9-11H2,1-3H3,(H,27,32)(H,30,31)(H,34,35)(H2,25,28,33). The van der Waals surface area contributed by atoms with Gasteiger partial charge in [-0.1, -0.05) is 12.1 Å². The largest absolute Gasteiger partial charge is 0.481 e. The minimum Gasteiger partial charge on any atom is -0.481 e. The molecule has 35 heavy (non-hydrogen) atoms. The van der Waals surface area contributed by atoms with Gasteiger partial charge in [-0.05, 0) is 63.3 Å². The quantitative estimate of drug-likeness (QED) is 0.306. The molecule has 1 atom stereocenters. The first-order valence-corrected chi connectivity index (χ1v) is 11.1. The SMILES string of the molecule is CC(C)(C)n1c(N)nc(=O)c2c(CCc3ccc(C(=O)NC(CCC(=O)O)C(=O)O)cc3)c[nH]c21. The normalized spacial score (nSPS) is 12.4. The Morgan fingerprint density at radius 3 is 2.37 bits per heavy atom. The fraction of sp³-hybridized carbons (Fsp3) is 0.375. The Labute approximate surface area is 201 Å². The Hall–Kier alpha value is -4.15. The number of nitrogen functional groups attached to an aromatic ring is 1. The van der Waals surface area contributed by atoms with Crippen LogP contribution in [0.5, 0.6) is 0 Å². The molecule has 186 valence electrons. The molecule has 1 unspecified atom stereocenters. The molecule has 1 aromatic carbocycles. The van der Waals surface area contributed by atoms with Gasteiger partial charge in [0.15, 0.2) is 0 Å². The van der Waals surface area contributed by atoms with Crippen molar-refractivity contribution < 1.29 is 24.6 Å². The number of amides is 1. The number of fused-ring (bicyclic) bond motifs is 1. The number of carboxylic acids is 2. The molecule has 2 aromatic heterocycles. The topological polar surface area (TPSA) is 180 Å². The maximum atomic E-state index is 12.6. The molecule has 1 amide bonds. The first kappa shape index (κ1) is 25.5. The van der Waals surface area contributed by atoms with Crippen molar-refractivity contribution in [2.45, 2.75) is 58.0 Å². The number of H-pyrrole nitrogens is 1. The molecule has 3 aromatic rings. The van der Waals surface area contributed by atoms with Gasteiger partial charge in [0.1, 0.15) is 11.7 Å². The molecule has 0 aliphatic rings. The van der Waals surface area contributed by atoms with Crippen LogP contribution >= 0.6 is 0 Å². The summed E-state index contributed by atoms with van der Waals surface area (Å²) in [7, 11) is 0. The number of anilines is 1. The predicted octanol–water partition coefficient (Wildman–Crippen LogP) is 1.89. The molecule has 0 bridgehead atoms. The molecule has 2 heterocycles. The highest BCUT2D eigenvalue weighted by molar-refractivity contribution is 5.96. The summed E-state index contributed by atoms with van der Waals surface area (Å²) in [6.07, 6.45) is 2.33. The fourth-order valence-electron chi connectivity index (χ4n) is 3.94. The van der Waals surface area contributed by atoms with E-state index in [1.807, 2.05) is 20.8 Å². The van der Waals surface area contributed by atoms with Crippen molar-refractivity contribution in [2.75, 3.05) is 5.73 Å². The van der Waals surface area contributed by atoms with E-state index in [-0.39, 0.29) is 29.9 Å². The van der Waals surface area contributed by atoms with Crippen LogP contribution in [0.2, 0.25) is 0 Å². The van der Waals surface area contributed by atoms with Gasteiger partial charge in [-0.25, -0.2) is 4.79 Å². The molecule has 0 fully saturated rings. The number of carbonyl (C=O) groups excluding carboxylic acids is 1. The molecule has 0 saturated carbocycles. The van der Waals surface area contributed by atoms with Crippen LogP contribution in [-0.4, -0.2) is 48.6 Å². The zero-order valence-corrected chi connectivity index (χ0v) is 19.8. The monoisotopic (exact) mass is 483 g/mol. The number of carboxylic acid groups (broad SMARTS) is 2. The lowest BCUT2D eigenvalue weighted by molar-refractivity contribution is -0.140. The second kappa shape index (κ2) is 10.00. The summed E-state index contributed by atoms with van der Waals surface area (Å²) in [5.74, 6) is -2.89. The Kier molecular flexibility index (Phi) is 7.28. The first-order valence-electron chi connectivity index (χ1n) is 11.1. The van der Waals surface area contributed by atoms with Crippen LogP contribution < -0.4 is 16.6 Å². The summed E-state index contributed by atoms with van der Waals surface area (Å²) in [5, 5.41) is 20.8. The molecular formula is C24H29N5O6. The zero-order chi connectivity index (χ0) is 25.9. The average Bonchev–Trinajstić information content (AvgIpc) is 3.17. The molecule has 0 aliphatic carbocycles. The summed E-state index contributed by atoms with van der Waals surface area (Å²) in [5.41, 5.74) is 7.83. The van der Waals surface area contributed by atoms with Crippen LogP contribution in [0.25, 0.3) is 11.0 Å². The number of rotatable bonds is 9. The van der Waals surface area contributed by atoms with Crippen molar-refractivity contribution in [1.29, 1.82) is 0 Å². The third-order valence-corrected chi connectivity index (χ3v) is 5.64. The third kappa shape index (κ3) is 5.86. The number of nitrogens with one attached hydrogen (secondary N) is 2. The number of aromatic nitrogens is 3. The number of nitrogens with two attached hydrogens (primary N) is 1. The summed E-state index contributed by atoms with van der Waals surface area (Å²) in [6.45, 7) is 5.91. The van der Waals surface area contributed by atoms with Gasteiger partial charge < -0.3 is 26.2 Å². The molecule has 6 N–H and O–H groups in total. The second-order valence-electron chi connectivity index (χ2n) is 9.31. The van der Waals surface area contributed by atoms with Gasteiger partial charge in [-0.3, -0.25) is 19.0 Å². The Balaban J connectivity index is 1.72. The van der Waals surface area contributed by atoms with Crippen molar-refractivity contribution in [3.05, 3.63) is 57.5 Å². The van der Waals surface area contributed by atoms with Gasteiger partial charge in [0, 0.05) is 23.7 Å². The fourth-order valence-corrected chi connectivity index (χ4v) is 3.94. The number of aliphatic carboxylic acids is 2. The van der Waals surface area contributed by atoms with Gasteiger partial charge in [-0.15, -0.1) is 0 Å². The lowest BCUT2D eigenvalue weighted by atomic mass is 10.0. The van der Waals surface area contributed by atoms with E-state index in [9.17, 15) is 24.3 Å². The average molecular weight is 484 g/mol. The molecular weight excluding hydrogens is 454 g/mol. The van der Waals surface area contributed by atoms with E-state index in [4.69, 9.17) is 10.8 Å². The van der Waals surface area contributed by atoms with Crippen LogP contribution in [0.4, 0.5) is 5.95 Å². The highest BCUT2D eigenvalue weighted by atomic mass is 16.4. The van der Waals surface area contributed by atoms with E-state index in [1.54, 1.807) is 35.0 Å². The molecule has 0 aliphatic heterocycles. The summed E-state index contributed by atoms with van der Waals surface area (Å²) < 4.78 is 1.79. The van der Waals surface area contributed by atoms with E-state index < -0.39 is 29.4 Å². The molecule has 3 rings (SSSR count). The number of hydrogen-bond acceptors (Lipinski definition) is 6. The van der Waals surface area contributed by atoms with E-state index in [2.05, 4.69) is 15.3 Å².